The molecule has 166 valence electrons. The number of fused-ring (bicyclic) bond motifs is 1. The molecule has 0 saturated carbocycles. The molecule has 0 aliphatic carbocycles. The molecule has 1 aliphatic heterocycles. The second kappa shape index (κ2) is 10.5. The van der Waals surface area contributed by atoms with Crippen molar-refractivity contribution in [1.82, 2.24) is 10.2 Å². The van der Waals surface area contributed by atoms with Crippen LogP contribution in [-0.2, 0) is 16.0 Å². The van der Waals surface area contributed by atoms with Crippen LogP contribution in [0.3, 0.4) is 0 Å². The van der Waals surface area contributed by atoms with Gasteiger partial charge in [-0.15, -0.1) is 0 Å². The zero-order valence-corrected chi connectivity index (χ0v) is 19.1. The lowest BCUT2D eigenvalue weighted by Gasteiger charge is -2.38. The number of rotatable bonds is 8. The Morgan fingerprint density at radius 1 is 1.13 bits per heavy atom. The summed E-state index contributed by atoms with van der Waals surface area (Å²) in [5, 5.41) is 2.94. The lowest BCUT2D eigenvalue weighted by atomic mass is 9.87. The Hall–Kier alpha value is -2.82. The van der Waals surface area contributed by atoms with E-state index in [2.05, 4.69) is 37.4 Å². The fraction of sp³-hybridized carbons (Fsp3) is 0.462. The van der Waals surface area contributed by atoms with E-state index in [9.17, 15) is 9.59 Å². The Kier molecular flexibility index (Phi) is 7.72. The first-order valence-electron chi connectivity index (χ1n) is 11.3. The SMILES string of the molecule is CCC(=O)N1CCc2ccc(O[C@@H](C)C(=O)NCCC(C)C)cc2[C@@H]1c1ccccc1. The smallest absolute Gasteiger partial charge is 0.260 e. The molecule has 0 spiro atoms. The normalized spacial score (nSPS) is 16.5. The van der Waals surface area contributed by atoms with Gasteiger partial charge in [0.2, 0.25) is 5.91 Å². The van der Waals surface area contributed by atoms with Crippen LogP contribution < -0.4 is 10.1 Å². The highest BCUT2D eigenvalue weighted by atomic mass is 16.5. The standard InChI is InChI=1S/C26H34N2O3/c1-5-24(29)28-16-14-20-11-12-22(31-19(4)26(30)27-15-13-18(2)3)17-23(20)25(28)21-9-7-6-8-10-21/h6-12,17-19,25H,5,13-16H2,1-4H3,(H,27,30)/t19-,25-/m0/s1. The average Bonchev–Trinajstić information content (AvgIpc) is 2.77. The number of carbonyl (C=O) groups is 2. The molecule has 31 heavy (non-hydrogen) atoms. The second-order valence-corrected chi connectivity index (χ2v) is 8.60. The molecule has 5 heteroatoms. The van der Waals surface area contributed by atoms with Gasteiger partial charge in [-0.05, 0) is 54.5 Å². The van der Waals surface area contributed by atoms with E-state index in [0.29, 0.717) is 31.2 Å². The molecule has 1 heterocycles. The molecule has 2 amide bonds. The first kappa shape index (κ1) is 22.9. The van der Waals surface area contributed by atoms with Crippen molar-refractivity contribution in [2.45, 2.75) is 59.1 Å². The Morgan fingerprint density at radius 2 is 1.87 bits per heavy atom. The third-order valence-corrected chi connectivity index (χ3v) is 5.79. The highest BCUT2D eigenvalue weighted by molar-refractivity contribution is 5.80. The molecule has 0 radical (unpaired) electrons. The van der Waals surface area contributed by atoms with Crippen LogP contribution in [0.4, 0.5) is 0 Å². The summed E-state index contributed by atoms with van der Waals surface area (Å²) in [6.45, 7) is 9.29. The van der Waals surface area contributed by atoms with Gasteiger partial charge in [-0.25, -0.2) is 0 Å². The van der Waals surface area contributed by atoms with Crippen LogP contribution in [0, 0.1) is 5.92 Å². The van der Waals surface area contributed by atoms with Gasteiger partial charge in [-0.1, -0.05) is 57.2 Å². The van der Waals surface area contributed by atoms with E-state index in [-0.39, 0.29) is 17.9 Å². The maximum atomic E-state index is 12.7. The molecular weight excluding hydrogens is 388 g/mol. The summed E-state index contributed by atoms with van der Waals surface area (Å²) >= 11 is 0. The summed E-state index contributed by atoms with van der Waals surface area (Å²) in [4.78, 5) is 27.1. The number of carbonyl (C=O) groups excluding carboxylic acids is 2. The monoisotopic (exact) mass is 422 g/mol. The van der Waals surface area contributed by atoms with Gasteiger partial charge in [0.25, 0.3) is 5.91 Å². The van der Waals surface area contributed by atoms with Crippen molar-refractivity contribution in [3.63, 3.8) is 0 Å². The first-order chi connectivity index (χ1) is 14.9. The quantitative estimate of drug-likeness (QED) is 0.681. The van der Waals surface area contributed by atoms with Gasteiger partial charge in [0, 0.05) is 19.5 Å². The highest BCUT2D eigenvalue weighted by Gasteiger charge is 2.31. The summed E-state index contributed by atoms with van der Waals surface area (Å²) in [6, 6.07) is 16.0. The molecular formula is C26H34N2O3. The largest absolute Gasteiger partial charge is 0.481 e. The number of ether oxygens (including phenoxy) is 1. The van der Waals surface area contributed by atoms with Gasteiger partial charge in [0.1, 0.15) is 5.75 Å². The topological polar surface area (TPSA) is 58.6 Å². The van der Waals surface area contributed by atoms with E-state index < -0.39 is 6.10 Å². The third kappa shape index (κ3) is 5.66. The number of nitrogens with zero attached hydrogens (tertiary/aromatic N) is 1. The van der Waals surface area contributed by atoms with E-state index >= 15 is 0 Å². The molecule has 3 rings (SSSR count). The number of amides is 2. The van der Waals surface area contributed by atoms with Crippen LogP contribution in [0.25, 0.3) is 0 Å². The minimum absolute atomic E-state index is 0.110. The fourth-order valence-corrected chi connectivity index (χ4v) is 4.02. The minimum Gasteiger partial charge on any atom is -0.481 e. The molecule has 2 atom stereocenters. The number of nitrogens with one attached hydrogen (secondary N) is 1. The van der Waals surface area contributed by atoms with Gasteiger partial charge < -0.3 is 15.0 Å². The summed E-state index contributed by atoms with van der Waals surface area (Å²) in [5.41, 5.74) is 3.38. The van der Waals surface area contributed by atoms with Crippen LogP contribution in [0.2, 0.25) is 0 Å². The van der Waals surface area contributed by atoms with Crippen molar-refractivity contribution in [2.24, 2.45) is 5.92 Å². The molecule has 0 unspecified atom stereocenters. The van der Waals surface area contributed by atoms with Crippen LogP contribution in [0.5, 0.6) is 5.75 Å². The molecule has 2 aromatic rings. The highest BCUT2D eigenvalue weighted by Crippen LogP contribution is 2.37. The van der Waals surface area contributed by atoms with E-state index in [1.807, 2.05) is 42.2 Å². The van der Waals surface area contributed by atoms with Crippen molar-refractivity contribution >= 4 is 11.8 Å². The second-order valence-electron chi connectivity index (χ2n) is 8.60. The lowest BCUT2D eigenvalue weighted by molar-refractivity contribution is -0.133. The molecule has 1 N–H and O–H groups in total. The van der Waals surface area contributed by atoms with Gasteiger partial charge >= 0.3 is 0 Å². The summed E-state index contributed by atoms with van der Waals surface area (Å²) in [5.74, 6) is 1.22. The Morgan fingerprint density at radius 3 is 2.55 bits per heavy atom. The Labute approximate surface area is 185 Å². The van der Waals surface area contributed by atoms with E-state index in [4.69, 9.17) is 4.74 Å². The summed E-state index contributed by atoms with van der Waals surface area (Å²) in [6.07, 6.45) is 1.65. The maximum Gasteiger partial charge on any atom is 0.260 e. The van der Waals surface area contributed by atoms with Crippen LogP contribution in [0.15, 0.2) is 48.5 Å². The first-order valence-corrected chi connectivity index (χ1v) is 11.3. The molecule has 0 fully saturated rings. The Bertz CT molecular complexity index is 895. The zero-order valence-electron chi connectivity index (χ0n) is 19.1. The number of hydrogen-bond donors (Lipinski definition) is 1. The van der Waals surface area contributed by atoms with Crippen LogP contribution in [-0.4, -0.2) is 35.9 Å². The predicted octanol–water partition coefficient (Wildman–Crippen LogP) is 4.50. The third-order valence-electron chi connectivity index (χ3n) is 5.79. The van der Waals surface area contributed by atoms with Crippen molar-refractivity contribution in [1.29, 1.82) is 0 Å². The van der Waals surface area contributed by atoms with Crippen molar-refractivity contribution in [3.05, 3.63) is 65.2 Å². The maximum absolute atomic E-state index is 12.7. The van der Waals surface area contributed by atoms with Gasteiger partial charge in [-0.3, -0.25) is 9.59 Å². The number of benzene rings is 2. The molecule has 0 bridgehead atoms. The van der Waals surface area contributed by atoms with Crippen molar-refractivity contribution in [2.75, 3.05) is 13.1 Å². The average molecular weight is 423 g/mol. The lowest BCUT2D eigenvalue weighted by Crippen LogP contribution is -2.40. The van der Waals surface area contributed by atoms with Crippen LogP contribution >= 0.6 is 0 Å². The fourth-order valence-electron chi connectivity index (χ4n) is 4.02. The zero-order chi connectivity index (χ0) is 22.4. The van der Waals surface area contributed by atoms with E-state index in [1.54, 1.807) is 6.92 Å². The van der Waals surface area contributed by atoms with E-state index in [1.165, 1.54) is 5.56 Å². The molecule has 0 aromatic heterocycles. The van der Waals surface area contributed by atoms with E-state index in [0.717, 1.165) is 24.0 Å². The molecule has 1 aliphatic rings. The predicted molar refractivity (Wildman–Crippen MR) is 123 cm³/mol. The van der Waals surface area contributed by atoms with Gasteiger partial charge in [-0.2, -0.15) is 0 Å². The van der Waals surface area contributed by atoms with Gasteiger partial charge in [0.15, 0.2) is 6.10 Å². The molecule has 0 saturated heterocycles. The van der Waals surface area contributed by atoms with Crippen LogP contribution in [0.1, 0.15) is 63.3 Å². The summed E-state index contributed by atoms with van der Waals surface area (Å²) < 4.78 is 5.99. The van der Waals surface area contributed by atoms with Crippen molar-refractivity contribution < 1.29 is 14.3 Å². The molecule has 5 nitrogen and oxygen atoms in total. The minimum atomic E-state index is -0.586. The summed E-state index contributed by atoms with van der Waals surface area (Å²) in [7, 11) is 0. The number of hydrogen-bond acceptors (Lipinski definition) is 3. The molecule has 2 aromatic carbocycles. The van der Waals surface area contributed by atoms with Crippen molar-refractivity contribution in [3.8, 4) is 5.75 Å². The Balaban J connectivity index is 1.83. The van der Waals surface area contributed by atoms with Gasteiger partial charge in [0.05, 0.1) is 6.04 Å².